The zero-order chi connectivity index (χ0) is 22.6. The van der Waals surface area contributed by atoms with Gasteiger partial charge in [0, 0.05) is 10.6 Å². The van der Waals surface area contributed by atoms with Crippen LogP contribution in [0.15, 0.2) is 36.4 Å². The molecular weight excluding hydrogens is 457 g/mol. The lowest BCUT2D eigenvalue weighted by molar-refractivity contribution is -0.147. The van der Waals surface area contributed by atoms with Crippen LogP contribution in [0.3, 0.4) is 0 Å². The Labute approximate surface area is 185 Å². The highest BCUT2D eigenvalue weighted by Gasteiger charge is 2.57. The summed E-state index contributed by atoms with van der Waals surface area (Å²) in [7, 11) is 0. The van der Waals surface area contributed by atoms with Crippen molar-refractivity contribution in [2.24, 2.45) is 0 Å². The summed E-state index contributed by atoms with van der Waals surface area (Å²) < 4.78 is 44.3. The minimum Gasteiger partial charge on any atom is -0.395 e. The van der Waals surface area contributed by atoms with E-state index in [4.69, 9.17) is 16.3 Å². The van der Waals surface area contributed by atoms with Crippen LogP contribution in [0.2, 0.25) is 5.02 Å². The van der Waals surface area contributed by atoms with E-state index in [-0.39, 0.29) is 13.0 Å². The minimum absolute atomic E-state index is 0.112. The van der Waals surface area contributed by atoms with Gasteiger partial charge >= 0.3 is 6.18 Å². The molecular formula is C21H20ClF3O5S. The van der Waals surface area contributed by atoms with Crippen molar-refractivity contribution in [1.29, 1.82) is 0 Å². The quantitative estimate of drug-likeness (QED) is 0.545. The van der Waals surface area contributed by atoms with E-state index in [1.165, 1.54) is 12.1 Å². The molecule has 0 amide bonds. The summed E-state index contributed by atoms with van der Waals surface area (Å²) in [5.41, 5.74) is 1.73. The first-order chi connectivity index (χ1) is 14.6. The first-order valence-electron chi connectivity index (χ1n) is 9.51. The number of alkyl halides is 3. The van der Waals surface area contributed by atoms with Gasteiger partial charge in [-0.1, -0.05) is 23.7 Å². The molecule has 168 valence electrons. The predicted octanol–water partition coefficient (Wildman–Crippen LogP) is 2.82. The van der Waals surface area contributed by atoms with E-state index in [0.717, 1.165) is 23.9 Å². The molecule has 2 aromatic carbocycles. The third kappa shape index (κ3) is 3.97. The zero-order valence-electron chi connectivity index (χ0n) is 16.0. The van der Waals surface area contributed by atoms with Crippen molar-refractivity contribution in [2.45, 2.75) is 47.7 Å². The molecule has 10 heteroatoms. The molecule has 0 aliphatic carbocycles. The monoisotopic (exact) mass is 476 g/mol. The Morgan fingerprint density at radius 2 is 1.77 bits per heavy atom. The summed E-state index contributed by atoms with van der Waals surface area (Å²) in [6, 6.07) is 8.15. The van der Waals surface area contributed by atoms with Crippen LogP contribution in [-0.4, -0.2) is 50.6 Å². The first-order valence-corrected chi connectivity index (χ1v) is 10.8. The van der Waals surface area contributed by atoms with Crippen LogP contribution in [0.5, 0.6) is 0 Å². The Bertz CT molecular complexity index is 969. The molecule has 0 radical (unpaired) electrons. The summed E-state index contributed by atoms with van der Waals surface area (Å²) in [6.45, 7) is -0.317. The number of aliphatic hydroxyl groups is 4. The standard InChI is InChI=1S/C21H20ClF3O5S/c22-15-7-12-9-30-20(19(29)18(28)17(27)16(8-26)31-20)14(12)6-11(15)5-10-1-3-13(4-2-10)21(23,24)25/h1-4,6-7,16-19,26-29H,5,8-9H2/t16-,17-,18+,19-,20+/m1/s1. The smallest absolute Gasteiger partial charge is 0.395 e. The van der Waals surface area contributed by atoms with Gasteiger partial charge in [0.05, 0.1) is 30.1 Å². The maximum absolute atomic E-state index is 12.8. The summed E-state index contributed by atoms with van der Waals surface area (Å²) in [5.74, 6) is 0. The van der Waals surface area contributed by atoms with E-state index in [0.29, 0.717) is 27.3 Å². The summed E-state index contributed by atoms with van der Waals surface area (Å²) in [5, 5.41) is 40.4. The van der Waals surface area contributed by atoms with Crippen molar-refractivity contribution in [3.8, 4) is 0 Å². The van der Waals surface area contributed by atoms with Crippen LogP contribution < -0.4 is 0 Å². The van der Waals surface area contributed by atoms with Crippen LogP contribution in [0.1, 0.15) is 27.8 Å². The molecule has 2 aromatic rings. The molecule has 0 unspecified atom stereocenters. The van der Waals surface area contributed by atoms with E-state index < -0.39 is 46.8 Å². The maximum atomic E-state index is 12.8. The van der Waals surface area contributed by atoms with Gasteiger partial charge in [0.25, 0.3) is 0 Å². The van der Waals surface area contributed by atoms with Gasteiger partial charge in [-0.25, -0.2) is 0 Å². The molecule has 1 saturated heterocycles. The van der Waals surface area contributed by atoms with Crippen LogP contribution in [0, 0.1) is 0 Å². The van der Waals surface area contributed by atoms with Crippen LogP contribution in [0.4, 0.5) is 13.2 Å². The fraction of sp³-hybridized carbons (Fsp3) is 0.429. The Kier molecular flexibility index (Phi) is 6.06. The second-order valence-corrected chi connectivity index (χ2v) is 9.55. The largest absolute Gasteiger partial charge is 0.416 e. The molecule has 0 aromatic heterocycles. The third-order valence-corrected chi connectivity index (χ3v) is 7.73. The van der Waals surface area contributed by atoms with Crippen molar-refractivity contribution in [3.63, 3.8) is 0 Å². The molecule has 2 aliphatic rings. The van der Waals surface area contributed by atoms with Gasteiger partial charge in [-0.2, -0.15) is 13.2 Å². The Balaban J connectivity index is 1.68. The fourth-order valence-corrected chi connectivity index (χ4v) is 5.82. The predicted molar refractivity (Wildman–Crippen MR) is 109 cm³/mol. The highest BCUT2D eigenvalue weighted by atomic mass is 35.5. The van der Waals surface area contributed by atoms with E-state index in [2.05, 4.69) is 0 Å². The third-order valence-electron chi connectivity index (χ3n) is 5.72. The lowest BCUT2D eigenvalue weighted by Crippen LogP contribution is -2.58. The lowest BCUT2D eigenvalue weighted by atomic mass is 9.91. The number of aliphatic hydroxyl groups excluding tert-OH is 4. The first kappa shape index (κ1) is 22.8. The number of fused-ring (bicyclic) bond motifs is 2. The number of ether oxygens (including phenoxy) is 1. The van der Waals surface area contributed by atoms with E-state index >= 15 is 0 Å². The Morgan fingerprint density at radius 3 is 2.39 bits per heavy atom. The average molecular weight is 477 g/mol. The van der Waals surface area contributed by atoms with Gasteiger partial charge in [-0.3, -0.25) is 0 Å². The van der Waals surface area contributed by atoms with Gasteiger partial charge in [0.2, 0.25) is 0 Å². The molecule has 4 N–H and O–H groups in total. The Hall–Kier alpha value is -1.33. The molecule has 2 aliphatic heterocycles. The molecule has 0 saturated carbocycles. The number of halogens is 4. The van der Waals surface area contributed by atoms with Crippen LogP contribution in [0.25, 0.3) is 0 Å². The molecule has 1 fully saturated rings. The number of hydrogen-bond donors (Lipinski definition) is 4. The summed E-state index contributed by atoms with van der Waals surface area (Å²) >= 11 is 7.43. The van der Waals surface area contributed by atoms with Crippen molar-refractivity contribution in [3.05, 3.63) is 69.2 Å². The second-order valence-electron chi connectivity index (χ2n) is 7.69. The number of benzene rings is 2. The molecule has 1 spiro atoms. The van der Waals surface area contributed by atoms with E-state index in [9.17, 15) is 33.6 Å². The highest BCUT2D eigenvalue weighted by Crippen LogP contribution is 2.54. The fourth-order valence-electron chi connectivity index (χ4n) is 4.02. The Morgan fingerprint density at radius 1 is 1.10 bits per heavy atom. The summed E-state index contributed by atoms with van der Waals surface area (Å²) in [6.07, 6.45) is -8.50. The van der Waals surface area contributed by atoms with Gasteiger partial charge in [0.1, 0.15) is 12.2 Å². The maximum Gasteiger partial charge on any atom is 0.416 e. The van der Waals surface area contributed by atoms with Gasteiger partial charge < -0.3 is 25.2 Å². The second kappa shape index (κ2) is 8.22. The van der Waals surface area contributed by atoms with Gasteiger partial charge in [-0.15, -0.1) is 11.8 Å². The molecule has 31 heavy (non-hydrogen) atoms. The number of hydrogen-bond acceptors (Lipinski definition) is 6. The van der Waals surface area contributed by atoms with Crippen LogP contribution in [-0.2, 0) is 28.9 Å². The van der Waals surface area contributed by atoms with Gasteiger partial charge in [-0.05, 0) is 47.4 Å². The zero-order valence-corrected chi connectivity index (χ0v) is 17.6. The topological polar surface area (TPSA) is 90.2 Å². The van der Waals surface area contributed by atoms with Crippen molar-refractivity contribution < 1.29 is 38.3 Å². The van der Waals surface area contributed by atoms with Crippen molar-refractivity contribution in [1.82, 2.24) is 0 Å². The number of rotatable bonds is 3. The van der Waals surface area contributed by atoms with E-state index in [1.54, 1.807) is 12.1 Å². The van der Waals surface area contributed by atoms with Crippen molar-refractivity contribution in [2.75, 3.05) is 6.61 Å². The average Bonchev–Trinajstić information content (AvgIpc) is 3.07. The molecule has 5 atom stereocenters. The number of thioether (sulfide) groups is 1. The van der Waals surface area contributed by atoms with E-state index in [1.807, 2.05) is 0 Å². The lowest BCUT2D eigenvalue weighted by Gasteiger charge is -2.45. The molecule has 0 bridgehead atoms. The minimum atomic E-state index is -4.42. The van der Waals surface area contributed by atoms with Crippen LogP contribution >= 0.6 is 23.4 Å². The molecule has 2 heterocycles. The molecule has 5 nitrogen and oxygen atoms in total. The molecule has 4 rings (SSSR count). The highest BCUT2D eigenvalue weighted by molar-refractivity contribution is 8.00. The SMILES string of the molecule is OC[C@H]1S[C@]2(OCc3cc(Cl)c(Cc4ccc(C(F)(F)F)cc4)cc32)[C@H](O)[C@@H](O)[C@@H]1O. The van der Waals surface area contributed by atoms with Crippen molar-refractivity contribution >= 4 is 23.4 Å². The normalized spacial score (nSPS) is 30.6. The summed E-state index contributed by atoms with van der Waals surface area (Å²) in [4.78, 5) is -1.40. The van der Waals surface area contributed by atoms with Gasteiger partial charge in [0.15, 0.2) is 4.93 Å².